The largest absolute Gasteiger partial charge is 0.439 e. The van der Waals surface area contributed by atoms with Crippen molar-refractivity contribution in [3.05, 3.63) is 54.2 Å². The van der Waals surface area contributed by atoms with Crippen LogP contribution in [0.1, 0.15) is 50.4 Å². The van der Waals surface area contributed by atoms with Crippen LogP contribution in [0.2, 0.25) is 0 Å². The van der Waals surface area contributed by atoms with Gasteiger partial charge in [0.2, 0.25) is 17.7 Å². The third-order valence-electron chi connectivity index (χ3n) is 3.49. The highest BCUT2D eigenvalue weighted by Crippen LogP contribution is 2.22. The molecule has 0 spiro atoms. The highest BCUT2D eigenvalue weighted by molar-refractivity contribution is 5.55. The zero-order valence-electron chi connectivity index (χ0n) is 13.5. The van der Waals surface area contributed by atoms with Crippen molar-refractivity contribution in [1.82, 2.24) is 20.5 Å². The Kier molecular flexibility index (Phi) is 4.52. The predicted octanol–water partition coefficient (Wildman–Crippen LogP) is 3.70. The molecular formula is C17H20N4O2. The quantitative estimate of drug-likeness (QED) is 0.748. The first kappa shape index (κ1) is 15.4. The Morgan fingerprint density at radius 3 is 2.48 bits per heavy atom. The fourth-order valence-electron chi connectivity index (χ4n) is 2.12. The lowest BCUT2D eigenvalue weighted by Gasteiger charge is -2.07. The summed E-state index contributed by atoms with van der Waals surface area (Å²) >= 11 is 0. The highest BCUT2D eigenvalue weighted by atomic mass is 16.4. The molecule has 0 aliphatic carbocycles. The number of benzene rings is 1. The number of aromatic nitrogens is 3. The minimum Gasteiger partial charge on any atom is -0.439 e. The maximum absolute atomic E-state index is 5.82. The summed E-state index contributed by atoms with van der Waals surface area (Å²) < 4.78 is 11.4. The Labute approximate surface area is 135 Å². The van der Waals surface area contributed by atoms with Crippen LogP contribution in [0.25, 0.3) is 11.3 Å². The Morgan fingerprint density at radius 2 is 1.78 bits per heavy atom. The summed E-state index contributed by atoms with van der Waals surface area (Å²) in [6.07, 6.45) is 1.74. The van der Waals surface area contributed by atoms with Gasteiger partial charge in [0.15, 0.2) is 5.76 Å². The fraction of sp³-hybridized carbons (Fsp3) is 0.353. The van der Waals surface area contributed by atoms with Gasteiger partial charge in [0.25, 0.3) is 0 Å². The van der Waals surface area contributed by atoms with E-state index in [9.17, 15) is 0 Å². The maximum Gasteiger partial charge on any atom is 0.230 e. The molecular weight excluding hydrogens is 292 g/mol. The standard InChI is InChI=1S/C17H20N4O2/c1-11(2)16-21-20-15(23-16)10-18-12(3)17-19-9-14(22-17)13-7-5-4-6-8-13/h4-9,11-12,18H,10H2,1-3H3/t12-/m1/s1. The summed E-state index contributed by atoms with van der Waals surface area (Å²) in [5, 5.41) is 11.3. The average molecular weight is 312 g/mol. The first-order valence-corrected chi connectivity index (χ1v) is 7.70. The van der Waals surface area contributed by atoms with Gasteiger partial charge in [0, 0.05) is 11.5 Å². The van der Waals surface area contributed by atoms with Crippen molar-refractivity contribution in [2.75, 3.05) is 0 Å². The minimum atomic E-state index is -0.0538. The molecule has 1 aromatic carbocycles. The van der Waals surface area contributed by atoms with E-state index in [4.69, 9.17) is 8.83 Å². The number of hydrogen-bond acceptors (Lipinski definition) is 6. The van der Waals surface area contributed by atoms with Crippen LogP contribution in [0, 0.1) is 0 Å². The molecule has 6 heteroatoms. The Morgan fingerprint density at radius 1 is 1.00 bits per heavy atom. The summed E-state index contributed by atoms with van der Waals surface area (Å²) in [6.45, 7) is 6.50. The minimum absolute atomic E-state index is 0.0538. The SMILES string of the molecule is CC(C)c1nnc(CN[C@H](C)c2ncc(-c3ccccc3)o2)o1. The second-order valence-corrected chi connectivity index (χ2v) is 5.72. The van der Waals surface area contributed by atoms with E-state index in [-0.39, 0.29) is 12.0 Å². The number of nitrogens with one attached hydrogen (secondary N) is 1. The van der Waals surface area contributed by atoms with Crippen LogP contribution in [0.15, 0.2) is 45.4 Å². The molecule has 6 nitrogen and oxygen atoms in total. The number of oxazole rings is 1. The highest BCUT2D eigenvalue weighted by Gasteiger charge is 2.15. The molecule has 2 heterocycles. The molecule has 0 bridgehead atoms. The zero-order chi connectivity index (χ0) is 16.2. The van der Waals surface area contributed by atoms with E-state index in [0.29, 0.717) is 24.2 Å². The van der Waals surface area contributed by atoms with Gasteiger partial charge < -0.3 is 8.83 Å². The molecule has 0 aliphatic rings. The van der Waals surface area contributed by atoms with Crippen LogP contribution >= 0.6 is 0 Å². The molecule has 0 aliphatic heterocycles. The Hall–Kier alpha value is -2.47. The molecule has 1 N–H and O–H groups in total. The van der Waals surface area contributed by atoms with Gasteiger partial charge in [0.05, 0.1) is 18.8 Å². The zero-order valence-corrected chi connectivity index (χ0v) is 13.5. The van der Waals surface area contributed by atoms with Crippen molar-refractivity contribution in [2.24, 2.45) is 0 Å². The summed E-state index contributed by atoms with van der Waals surface area (Å²) in [7, 11) is 0. The molecule has 3 rings (SSSR count). The molecule has 1 atom stereocenters. The smallest absolute Gasteiger partial charge is 0.230 e. The van der Waals surface area contributed by atoms with Crippen molar-refractivity contribution in [3.8, 4) is 11.3 Å². The van der Waals surface area contributed by atoms with Gasteiger partial charge in [-0.2, -0.15) is 0 Å². The lowest BCUT2D eigenvalue weighted by Crippen LogP contribution is -2.18. The van der Waals surface area contributed by atoms with Crippen molar-refractivity contribution < 1.29 is 8.83 Å². The second kappa shape index (κ2) is 6.75. The molecule has 0 radical (unpaired) electrons. The third-order valence-corrected chi connectivity index (χ3v) is 3.49. The fourth-order valence-corrected chi connectivity index (χ4v) is 2.12. The maximum atomic E-state index is 5.82. The molecule has 2 aromatic heterocycles. The molecule has 120 valence electrons. The normalized spacial score (nSPS) is 12.7. The lowest BCUT2D eigenvalue weighted by atomic mass is 10.2. The molecule has 0 fully saturated rings. The van der Waals surface area contributed by atoms with Gasteiger partial charge in [-0.3, -0.25) is 5.32 Å². The second-order valence-electron chi connectivity index (χ2n) is 5.72. The van der Waals surface area contributed by atoms with Crippen molar-refractivity contribution in [3.63, 3.8) is 0 Å². The van der Waals surface area contributed by atoms with Crippen LogP contribution in [0.3, 0.4) is 0 Å². The van der Waals surface area contributed by atoms with E-state index >= 15 is 0 Å². The third kappa shape index (κ3) is 3.65. The van der Waals surface area contributed by atoms with Crippen LogP contribution < -0.4 is 5.32 Å². The molecule has 0 unspecified atom stereocenters. The summed E-state index contributed by atoms with van der Waals surface area (Å²) in [6, 6.07) is 9.85. The van der Waals surface area contributed by atoms with Gasteiger partial charge in [-0.25, -0.2) is 4.98 Å². The lowest BCUT2D eigenvalue weighted by molar-refractivity contribution is 0.380. The summed E-state index contributed by atoms with van der Waals surface area (Å²) in [5.74, 6) is 2.84. The van der Waals surface area contributed by atoms with Crippen molar-refractivity contribution in [2.45, 2.75) is 39.3 Å². The van der Waals surface area contributed by atoms with E-state index in [1.807, 2.05) is 51.1 Å². The van der Waals surface area contributed by atoms with Gasteiger partial charge in [-0.05, 0) is 6.92 Å². The van der Waals surface area contributed by atoms with E-state index in [1.165, 1.54) is 0 Å². The monoisotopic (exact) mass is 312 g/mol. The van der Waals surface area contributed by atoms with Crippen LogP contribution in [0.5, 0.6) is 0 Å². The first-order valence-electron chi connectivity index (χ1n) is 7.70. The first-order chi connectivity index (χ1) is 11.1. The van der Waals surface area contributed by atoms with E-state index in [2.05, 4.69) is 20.5 Å². The Balaban J connectivity index is 1.62. The molecule has 3 aromatic rings. The summed E-state index contributed by atoms with van der Waals surface area (Å²) in [4.78, 5) is 4.34. The molecule has 0 saturated heterocycles. The topological polar surface area (TPSA) is 77.0 Å². The van der Waals surface area contributed by atoms with Crippen molar-refractivity contribution >= 4 is 0 Å². The molecule has 23 heavy (non-hydrogen) atoms. The Bertz CT molecular complexity index is 749. The van der Waals surface area contributed by atoms with Crippen LogP contribution in [-0.4, -0.2) is 15.2 Å². The average Bonchev–Trinajstić information content (AvgIpc) is 3.23. The van der Waals surface area contributed by atoms with Gasteiger partial charge in [-0.1, -0.05) is 44.2 Å². The van der Waals surface area contributed by atoms with E-state index in [1.54, 1.807) is 6.20 Å². The van der Waals surface area contributed by atoms with E-state index in [0.717, 1.165) is 11.3 Å². The molecule has 0 saturated carbocycles. The summed E-state index contributed by atoms with van der Waals surface area (Å²) in [5.41, 5.74) is 1.01. The van der Waals surface area contributed by atoms with E-state index < -0.39 is 0 Å². The predicted molar refractivity (Wildman–Crippen MR) is 85.6 cm³/mol. The van der Waals surface area contributed by atoms with Crippen LogP contribution in [0.4, 0.5) is 0 Å². The van der Waals surface area contributed by atoms with Gasteiger partial charge >= 0.3 is 0 Å². The number of rotatable bonds is 6. The van der Waals surface area contributed by atoms with Gasteiger partial charge in [-0.15, -0.1) is 10.2 Å². The van der Waals surface area contributed by atoms with Crippen LogP contribution in [-0.2, 0) is 6.54 Å². The number of hydrogen-bond donors (Lipinski definition) is 1. The van der Waals surface area contributed by atoms with Gasteiger partial charge in [0.1, 0.15) is 0 Å². The molecule has 0 amide bonds. The number of nitrogens with zero attached hydrogens (tertiary/aromatic N) is 3. The van der Waals surface area contributed by atoms with Crippen molar-refractivity contribution in [1.29, 1.82) is 0 Å².